The summed E-state index contributed by atoms with van der Waals surface area (Å²) in [7, 11) is 0. The van der Waals surface area contributed by atoms with E-state index in [-0.39, 0.29) is 11.7 Å². The highest BCUT2D eigenvalue weighted by atomic mass is 32.1. The van der Waals surface area contributed by atoms with Crippen molar-refractivity contribution in [1.29, 1.82) is 0 Å². The molecule has 0 unspecified atom stereocenters. The van der Waals surface area contributed by atoms with Crippen LogP contribution in [0.3, 0.4) is 0 Å². The minimum Gasteiger partial charge on any atom is -0.343 e. The summed E-state index contributed by atoms with van der Waals surface area (Å²) in [5.74, 6) is -0.0962. The third-order valence-electron chi connectivity index (χ3n) is 5.70. The number of carbonyl (C=O) groups excluding carboxylic acids is 1. The summed E-state index contributed by atoms with van der Waals surface area (Å²) in [5, 5.41) is 5.98. The lowest BCUT2D eigenvalue weighted by Gasteiger charge is -2.32. The molecule has 2 heterocycles. The highest BCUT2D eigenvalue weighted by Crippen LogP contribution is 2.34. The predicted octanol–water partition coefficient (Wildman–Crippen LogP) is 6.16. The number of hydrogen-bond acceptors (Lipinski definition) is 4. The summed E-state index contributed by atoms with van der Waals surface area (Å²) in [6.45, 7) is 8.04. The Bertz CT molecular complexity index is 1100. The largest absolute Gasteiger partial charge is 0.343 e. The number of halogens is 1. The Kier molecular flexibility index (Phi) is 6.18. The number of aryl methyl sites for hydroxylation is 1. The van der Waals surface area contributed by atoms with Crippen molar-refractivity contribution >= 4 is 33.6 Å². The number of carbonyl (C=O) groups is 1. The van der Waals surface area contributed by atoms with Crippen LogP contribution in [0.15, 0.2) is 59.6 Å². The van der Waals surface area contributed by atoms with E-state index in [1.165, 1.54) is 34.9 Å². The van der Waals surface area contributed by atoms with Crippen molar-refractivity contribution in [1.82, 2.24) is 4.98 Å². The quantitative estimate of drug-likeness (QED) is 0.522. The number of hydrogen-bond donors (Lipinski definition) is 1. The summed E-state index contributed by atoms with van der Waals surface area (Å²) in [5.41, 5.74) is 5.79. The SMILES string of the molecule is Cc1cc(F)ccc1C(=O)Nc1ccc(C2=C(C(C)C)CCN(c3nccs3)C2)cc1. The molecule has 1 aromatic heterocycles. The molecule has 1 aliphatic heterocycles. The second kappa shape index (κ2) is 9.02. The average molecular weight is 436 g/mol. The normalized spacial score (nSPS) is 14.3. The Morgan fingerprint density at radius 2 is 1.97 bits per heavy atom. The number of rotatable bonds is 5. The molecule has 0 atom stereocenters. The molecular formula is C25H26FN3OS. The first-order valence-electron chi connectivity index (χ1n) is 10.5. The molecular weight excluding hydrogens is 409 g/mol. The van der Waals surface area contributed by atoms with Crippen LogP contribution >= 0.6 is 11.3 Å². The van der Waals surface area contributed by atoms with Gasteiger partial charge >= 0.3 is 0 Å². The molecule has 0 radical (unpaired) electrons. The summed E-state index contributed by atoms with van der Waals surface area (Å²) < 4.78 is 13.3. The van der Waals surface area contributed by atoms with E-state index < -0.39 is 0 Å². The molecule has 0 aliphatic carbocycles. The van der Waals surface area contributed by atoms with Crippen molar-refractivity contribution in [3.8, 4) is 0 Å². The number of nitrogens with one attached hydrogen (secondary N) is 1. The molecule has 0 fully saturated rings. The lowest BCUT2D eigenvalue weighted by atomic mass is 9.87. The third-order valence-corrected chi connectivity index (χ3v) is 6.53. The molecule has 1 aliphatic rings. The van der Waals surface area contributed by atoms with Crippen LogP contribution in [0.5, 0.6) is 0 Å². The van der Waals surface area contributed by atoms with Gasteiger partial charge in [-0.2, -0.15) is 0 Å². The predicted molar refractivity (Wildman–Crippen MR) is 126 cm³/mol. The Balaban J connectivity index is 1.55. The van der Waals surface area contributed by atoms with Crippen molar-refractivity contribution in [2.75, 3.05) is 23.3 Å². The van der Waals surface area contributed by atoms with Crippen LogP contribution < -0.4 is 10.2 Å². The van der Waals surface area contributed by atoms with Gasteiger partial charge in [0.05, 0.1) is 0 Å². The Labute approximate surface area is 186 Å². The first-order valence-corrected chi connectivity index (χ1v) is 11.3. The van der Waals surface area contributed by atoms with Crippen LogP contribution in [0.2, 0.25) is 0 Å². The van der Waals surface area contributed by atoms with Gasteiger partial charge in [-0.15, -0.1) is 11.3 Å². The zero-order valence-corrected chi connectivity index (χ0v) is 18.8. The van der Waals surface area contributed by atoms with E-state index >= 15 is 0 Å². The van der Waals surface area contributed by atoms with E-state index in [1.807, 2.05) is 23.7 Å². The Morgan fingerprint density at radius 1 is 1.19 bits per heavy atom. The maximum Gasteiger partial charge on any atom is 0.255 e. The third kappa shape index (κ3) is 4.69. The summed E-state index contributed by atoms with van der Waals surface area (Å²) in [4.78, 5) is 19.4. The smallest absolute Gasteiger partial charge is 0.255 e. The fraction of sp³-hybridized carbons (Fsp3) is 0.280. The van der Waals surface area contributed by atoms with Gasteiger partial charge in [-0.25, -0.2) is 9.37 Å². The average Bonchev–Trinajstić information content (AvgIpc) is 3.28. The Morgan fingerprint density at radius 3 is 2.61 bits per heavy atom. The highest BCUT2D eigenvalue weighted by molar-refractivity contribution is 7.13. The number of thiazole rings is 1. The number of aromatic nitrogens is 1. The van der Waals surface area contributed by atoms with Gasteiger partial charge in [0.15, 0.2) is 5.13 Å². The minimum atomic E-state index is -0.341. The van der Waals surface area contributed by atoms with Crippen molar-refractivity contribution in [3.05, 3.63) is 82.1 Å². The van der Waals surface area contributed by atoms with Crippen LogP contribution in [0, 0.1) is 18.7 Å². The molecule has 0 saturated heterocycles. The van der Waals surface area contributed by atoms with Gasteiger partial charge in [-0.1, -0.05) is 31.6 Å². The van der Waals surface area contributed by atoms with E-state index in [1.54, 1.807) is 18.3 Å². The molecule has 0 spiro atoms. The maximum atomic E-state index is 13.3. The number of anilines is 2. The van der Waals surface area contributed by atoms with E-state index in [9.17, 15) is 9.18 Å². The van der Waals surface area contributed by atoms with Gasteiger partial charge in [0.1, 0.15) is 5.82 Å². The minimum absolute atomic E-state index is 0.236. The molecule has 6 heteroatoms. The van der Waals surface area contributed by atoms with Gasteiger partial charge in [-0.3, -0.25) is 4.79 Å². The van der Waals surface area contributed by atoms with Gasteiger partial charge in [0.25, 0.3) is 5.91 Å². The van der Waals surface area contributed by atoms with E-state index in [2.05, 4.69) is 41.2 Å². The van der Waals surface area contributed by atoms with E-state index in [4.69, 9.17) is 0 Å². The second-order valence-electron chi connectivity index (χ2n) is 8.14. The molecule has 4 rings (SSSR count). The number of nitrogens with zero attached hydrogens (tertiary/aromatic N) is 2. The first kappa shape index (κ1) is 21.2. The molecule has 160 valence electrons. The van der Waals surface area contributed by atoms with E-state index in [0.717, 1.165) is 30.3 Å². The van der Waals surface area contributed by atoms with Crippen LogP contribution in [0.4, 0.5) is 15.2 Å². The zero-order chi connectivity index (χ0) is 22.0. The van der Waals surface area contributed by atoms with Crippen LogP contribution in [-0.2, 0) is 0 Å². The summed E-state index contributed by atoms with van der Waals surface area (Å²) in [6, 6.07) is 12.2. The lowest BCUT2D eigenvalue weighted by Crippen LogP contribution is -2.32. The van der Waals surface area contributed by atoms with Crippen molar-refractivity contribution in [2.45, 2.75) is 27.2 Å². The number of amides is 1. The monoisotopic (exact) mass is 435 g/mol. The Hall–Kier alpha value is -2.99. The van der Waals surface area contributed by atoms with Crippen molar-refractivity contribution in [3.63, 3.8) is 0 Å². The fourth-order valence-electron chi connectivity index (χ4n) is 4.06. The summed E-state index contributed by atoms with van der Waals surface area (Å²) >= 11 is 1.67. The maximum absolute atomic E-state index is 13.3. The van der Waals surface area contributed by atoms with Crippen LogP contribution in [0.25, 0.3) is 5.57 Å². The van der Waals surface area contributed by atoms with Crippen LogP contribution in [-0.4, -0.2) is 24.0 Å². The molecule has 3 aromatic rings. The topological polar surface area (TPSA) is 45.2 Å². The standard InChI is InChI=1S/C25H26FN3OS/c1-16(2)21-10-12-29(25-27-11-13-31-25)15-23(21)18-4-7-20(8-5-18)28-24(30)22-9-6-19(26)14-17(22)3/h4-9,11,13-14,16H,10,12,15H2,1-3H3,(H,28,30). The van der Waals surface area contributed by atoms with Gasteiger partial charge in [0, 0.05) is 35.9 Å². The molecule has 31 heavy (non-hydrogen) atoms. The molecule has 0 bridgehead atoms. The molecule has 4 nitrogen and oxygen atoms in total. The zero-order valence-electron chi connectivity index (χ0n) is 18.0. The lowest BCUT2D eigenvalue weighted by molar-refractivity contribution is 0.102. The van der Waals surface area contributed by atoms with E-state index in [0.29, 0.717) is 17.0 Å². The summed E-state index contributed by atoms with van der Waals surface area (Å²) in [6.07, 6.45) is 2.87. The first-order chi connectivity index (χ1) is 14.9. The molecule has 0 saturated carbocycles. The van der Waals surface area contributed by atoms with Crippen molar-refractivity contribution < 1.29 is 9.18 Å². The fourth-order valence-corrected chi connectivity index (χ4v) is 4.73. The molecule has 1 N–H and O–H groups in total. The molecule has 1 amide bonds. The van der Waals surface area contributed by atoms with Gasteiger partial charge in [0.2, 0.25) is 0 Å². The molecule has 2 aromatic carbocycles. The van der Waals surface area contributed by atoms with Crippen LogP contribution in [0.1, 0.15) is 41.8 Å². The van der Waals surface area contributed by atoms with Gasteiger partial charge in [-0.05, 0) is 66.3 Å². The van der Waals surface area contributed by atoms with Gasteiger partial charge < -0.3 is 10.2 Å². The van der Waals surface area contributed by atoms with Crippen molar-refractivity contribution in [2.24, 2.45) is 5.92 Å². The second-order valence-corrected chi connectivity index (χ2v) is 9.01. The number of benzene rings is 2. The highest BCUT2D eigenvalue weighted by Gasteiger charge is 2.23.